The summed E-state index contributed by atoms with van der Waals surface area (Å²) in [6.45, 7) is 2.64. The van der Waals surface area contributed by atoms with Gasteiger partial charge in [-0.15, -0.1) is 11.3 Å². The number of carbonyl (C=O) groups is 1. The highest BCUT2D eigenvalue weighted by Crippen LogP contribution is 2.25. The van der Waals surface area contributed by atoms with E-state index in [9.17, 15) is 4.79 Å². The van der Waals surface area contributed by atoms with Crippen LogP contribution in [0.2, 0.25) is 0 Å². The molecule has 6 heteroatoms. The van der Waals surface area contributed by atoms with Crippen molar-refractivity contribution < 1.29 is 9.53 Å². The molecule has 98 valence electrons. The summed E-state index contributed by atoms with van der Waals surface area (Å²) in [5.74, 6) is 0.721. The van der Waals surface area contributed by atoms with E-state index >= 15 is 0 Å². The Bertz CT molecular complexity index is 630. The van der Waals surface area contributed by atoms with Gasteiger partial charge in [-0.25, -0.2) is 4.98 Å². The number of rotatable bonds is 5. The molecule has 2 rings (SSSR count). The first kappa shape index (κ1) is 13.3. The van der Waals surface area contributed by atoms with Crippen molar-refractivity contribution in [3.05, 3.63) is 23.2 Å². The zero-order chi connectivity index (χ0) is 13.7. The predicted octanol–water partition coefficient (Wildman–Crippen LogP) is 2.07. The summed E-state index contributed by atoms with van der Waals surface area (Å²) in [6, 6.07) is 7.59. The smallest absolute Gasteiger partial charge is 0.216 e. The third kappa shape index (κ3) is 3.66. The number of amides is 1. The quantitative estimate of drug-likeness (QED) is 0.848. The number of ether oxygens (including phenoxy) is 1. The average molecular weight is 275 g/mol. The van der Waals surface area contributed by atoms with Crippen LogP contribution in [0.3, 0.4) is 0 Å². The minimum atomic E-state index is -0.0323. The molecular formula is C13H13N3O2S. The number of aromatic nitrogens is 1. The molecule has 0 bridgehead atoms. The third-order valence-corrected chi connectivity index (χ3v) is 3.34. The summed E-state index contributed by atoms with van der Waals surface area (Å²) in [7, 11) is 0. The molecule has 0 atom stereocenters. The van der Waals surface area contributed by atoms with Crippen LogP contribution >= 0.6 is 11.3 Å². The lowest BCUT2D eigenvalue weighted by Gasteiger charge is -2.06. The Morgan fingerprint density at radius 2 is 2.42 bits per heavy atom. The molecule has 0 saturated heterocycles. The van der Waals surface area contributed by atoms with Gasteiger partial charge in [0.15, 0.2) is 5.01 Å². The standard InChI is InChI=1S/C13H13N3O2S/c1-9(17)15-5-2-6-18-10-3-4-11-12(7-10)19-13(8-14)16-11/h3-4,7H,2,5-6H2,1H3,(H,15,17). The summed E-state index contributed by atoms with van der Waals surface area (Å²) in [5.41, 5.74) is 0.812. The third-order valence-electron chi connectivity index (χ3n) is 2.42. The Hall–Kier alpha value is -2.13. The van der Waals surface area contributed by atoms with Crippen LogP contribution < -0.4 is 10.1 Å². The van der Waals surface area contributed by atoms with Crippen LogP contribution in [0.25, 0.3) is 10.2 Å². The van der Waals surface area contributed by atoms with E-state index in [-0.39, 0.29) is 5.91 Å². The molecule has 0 saturated carbocycles. The van der Waals surface area contributed by atoms with Gasteiger partial charge in [0.25, 0.3) is 0 Å². The largest absolute Gasteiger partial charge is 0.493 e. The summed E-state index contributed by atoms with van der Waals surface area (Å²) in [4.78, 5) is 14.8. The number of carbonyl (C=O) groups excluding carboxylic acids is 1. The van der Waals surface area contributed by atoms with Crippen LogP contribution in [-0.4, -0.2) is 24.0 Å². The Balaban J connectivity index is 1.90. The van der Waals surface area contributed by atoms with Gasteiger partial charge in [0, 0.05) is 13.5 Å². The zero-order valence-corrected chi connectivity index (χ0v) is 11.3. The first-order valence-corrected chi connectivity index (χ1v) is 6.68. The van der Waals surface area contributed by atoms with Gasteiger partial charge in [-0.05, 0) is 24.6 Å². The van der Waals surface area contributed by atoms with Crippen LogP contribution in [0.4, 0.5) is 0 Å². The molecule has 1 aromatic heterocycles. The first-order chi connectivity index (χ1) is 9.19. The molecule has 19 heavy (non-hydrogen) atoms. The number of nitriles is 1. The van der Waals surface area contributed by atoms with Gasteiger partial charge >= 0.3 is 0 Å². The van der Waals surface area contributed by atoms with E-state index in [0.29, 0.717) is 18.2 Å². The van der Waals surface area contributed by atoms with Crippen molar-refractivity contribution in [2.24, 2.45) is 0 Å². The molecule has 0 radical (unpaired) electrons. The highest BCUT2D eigenvalue weighted by Gasteiger charge is 2.04. The summed E-state index contributed by atoms with van der Waals surface area (Å²) >= 11 is 1.35. The molecule has 0 fully saturated rings. The van der Waals surface area contributed by atoms with Crippen molar-refractivity contribution in [1.82, 2.24) is 10.3 Å². The molecular weight excluding hydrogens is 262 g/mol. The number of thiazole rings is 1. The average Bonchev–Trinajstić information content (AvgIpc) is 2.80. The van der Waals surface area contributed by atoms with E-state index < -0.39 is 0 Å². The van der Waals surface area contributed by atoms with E-state index in [1.54, 1.807) is 0 Å². The molecule has 0 aliphatic heterocycles. The van der Waals surface area contributed by atoms with Crippen LogP contribution in [0.5, 0.6) is 5.75 Å². The minimum absolute atomic E-state index is 0.0323. The van der Waals surface area contributed by atoms with Crippen molar-refractivity contribution >= 4 is 27.5 Å². The van der Waals surface area contributed by atoms with Crippen LogP contribution in [0, 0.1) is 11.3 Å². The second-order valence-electron chi connectivity index (χ2n) is 3.95. The van der Waals surface area contributed by atoms with E-state index in [1.165, 1.54) is 18.3 Å². The maximum atomic E-state index is 10.7. The fourth-order valence-electron chi connectivity index (χ4n) is 1.57. The Morgan fingerprint density at radius 3 is 3.16 bits per heavy atom. The van der Waals surface area contributed by atoms with Gasteiger partial charge in [0.1, 0.15) is 11.8 Å². The van der Waals surface area contributed by atoms with Gasteiger partial charge in [-0.3, -0.25) is 4.79 Å². The minimum Gasteiger partial charge on any atom is -0.493 e. The van der Waals surface area contributed by atoms with E-state index in [2.05, 4.69) is 10.3 Å². The monoisotopic (exact) mass is 275 g/mol. The lowest BCUT2D eigenvalue weighted by molar-refractivity contribution is -0.118. The van der Waals surface area contributed by atoms with Crippen molar-refractivity contribution in [1.29, 1.82) is 5.26 Å². The second-order valence-corrected chi connectivity index (χ2v) is 4.98. The topological polar surface area (TPSA) is 75.0 Å². The maximum Gasteiger partial charge on any atom is 0.216 e. The Morgan fingerprint density at radius 1 is 1.58 bits per heavy atom. The van der Waals surface area contributed by atoms with Gasteiger partial charge in [-0.1, -0.05) is 0 Å². The second kappa shape index (κ2) is 6.16. The van der Waals surface area contributed by atoms with Gasteiger partial charge in [-0.2, -0.15) is 5.26 Å². The van der Waals surface area contributed by atoms with Crippen molar-refractivity contribution in [2.75, 3.05) is 13.2 Å². The van der Waals surface area contributed by atoms with Crippen LogP contribution in [0.1, 0.15) is 18.4 Å². The number of hydrogen-bond donors (Lipinski definition) is 1. The number of nitrogens with one attached hydrogen (secondary N) is 1. The van der Waals surface area contributed by atoms with Crippen LogP contribution in [0.15, 0.2) is 18.2 Å². The number of hydrogen-bond acceptors (Lipinski definition) is 5. The van der Waals surface area contributed by atoms with Crippen molar-refractivity contribution in [3.8, 4) is 11.8 Å². The molecule has 1 amide bonds. The van der Waals surface area contributed by atoms with E-state index in [0.717, 1.165) is 22.4 Å². The molecule has 1 N–H and O–H groups in total. The van der Waals surface area contributed by atoms with E-state index in [1.807, 2.05) is 24.3 Å². The predicted molar refractivity (Wildman–Crippen MR) is 73.1 cm³/mol. The SMILES string of the molecule is CC(=O)NCCCOc1ccc2nc(C#N)sc2c1. The number of fused-ring (bicyclic) bond motifs is 1. The van der Waals surface area contributed by atoms with Crippen molar-refractivity contribution in [3.63, 3.8) is 0 Å². The highest BCUT2D eigenvalue weighted by molar-refractivity contribution is 7.19. The lowest BCUT2D eigenvalue weighted by Crippen LogP contribution is -2.22. The summed E-state index contributed by atoms with van der Waals surface area (Å²) in [5, 5.41) is 12.0. The zero-order valence-electron chi connectivity index (χ0n) is 10.5. The van der Waals surface area contributed by atoms with Crippen molar-refractivity contribution in [2.45, 2.75) is 13.3 Å². The lowest BCUT2D eigenvalue weighted by atomic mass is 10.3. The van der Waals surface area contributed by atoms with Gasteiger partial charge in [0.05, 0.1) is 16.8 Å². The molecule has 5 nitrogen and oxygen atoms in total. The van der Waals surface area contributed by atoms with Gasteiger partial charge < -0.3 is 10.1 Å². The molecule has 1 aromatic carbocycles. The number of nitrogens with zero attached hydrogens (tertiary/aromatic N) is 2. The first-order valence-electron chi connectivity index (χ1n) is 5.87. The molecule has 0 spiro atoms. The summed E-state index contributed by atoms with van der Waals surface area (Å²) in [6.07, 6.45) is 0.754. The Kier molecular flexibility index (Phi) is 4.31. The molecule has 0 aliphatic rings. The highest BCUT2D eigenvalue weighted by atomic mass is 32.1. The molecule has 0 aliphatic carbocycles. The fourth-order valence-corrected chi connectivity index (χ4v) is 2.36. The molecule has 1 heterocycles. The Labute approximate surface area is 114 Å². The van der Waals surface area contributed by atoms with Crippen LogP contribution in [-0.2, 0) is 4.79 Å². The molecule has 0 unspecified atom stereocenters. The fraction of sp³-hybridized carbons (Fsp3) is 0.308. The summed E-state index contributed by atoms with van der Waals surface area (Å²) < 4.78 is 6.52. The number of benzene rings is 1. The molecule has 2 aromatic rings. The van der Waals surface area contributed by atoms with E-state index in [4.69, 9.17) is 10.00 Å². The normalized spacial score (nSPS) is 10.1. The van der Waals surface area contributed by atoms with Gasteiger partial charge in [0.2, 0.25) is 5.91 Å². The maximum absolute atomic E-state index is 10.7.